The average Bonchev–Trinajstić information content (AvgIpc) is 3.07. The van der Waals surface area contributed by atoms with E-state index in [1.807, 2.05) is 17.9 Å². The Bertz CT molecular complexity index is 618. The van der Waals surface area contributed by atoms with Gasteiger partial charge < -0.3 is 9.88 Å². The number of rotatable bonds is 2. The summed E-state index contributed by atoms with van der Waals surface area (Å²) in [5, 5.41) is 7.31. The number of hydrogen-bond donors (Lipinski definition) is 2. The molecular formula is C14H17BrN4O. The summed E-state index contributed by atoms with van der Waals surface area (Å²) in [6.45, 7) is 3.55. The van der Waals surface area contributed by atoms with E-state index in [1.165, 1.54) is 0 Å². The molecule has 1 aliphatic rings. The van der Waals surface area contributed by atoms with Crippen LogP contribution in [0.2, 0.25) is 0 Å². The monoisotopic (exact) mass is 336 g/mol. The van der Waals surface area contributed by atoms with E-state index in [9.17, 15) is 4.79 Å². The minimum atomic E-state index is 0.0626. The topological polar surface area (TPSA) is 64.8 Å². The summed E-state index contributed by atoms with van der Waals surface area (Å²) in [6.07, 6.45) is 3.89. The summed E-state index contributed by atoms with van der Waals surface area (Å²) in [5.41, 5.74) is 2.76. The van der Waals surface area contributed by atoms with Gasteiger partial charge in [0.15, 0.2) is 0 Å². The van der Waals surface area contributed by atoms with E-state index in [2.05, 4.69) is 37.2 Å². The summed E-state index contributed by atoms with van der Waals surface area (Å²) in [7, 11) is 0. The molecular weight excluding hydrogens is 320 g/mol. The maximum absolute atomic E-state index is 12.4. The van der Waals surface area contributed by atoms with Gasteiger partial charge in [0, 0.05) is 35.4 Å². The zero-order valence-corrected chi connectivity index (χ0v) is 12.9. The van der Waals surface area contributed by atoms with Gasteiger partial charge in [-0.3, -0.25) is 9.89 Å². The van der Waals surface area contributed by atoms with Gasteiger partial charge in [-0.1, -0.05) is 0 Å². The Morgan fingerprint density at radius 2 is 2.35 bits per heavy atom. The number of H-pyrrole nitrogens is 2. The highest BCUT2D eigenvalue weighted by molar-refractivity contribution is 9.10. The zero-order valence-electron chi connectivity index (χ0n) is 11.3. The van der Waals surface area contributed by atoms with Gasteiger partial charge in [-0.15, -0.1) is 0 Å². The van der Waals surface area contributed by atoms with Crippen molar-refractivity contribution in [2.24, 2.45) is 0 Å². The third-order valence-electron chi connectivity index (χ3n) is 3.73. The van der Waals surface area contributed by atoms with Crippen molar-refractivity contribution in [2.75, 3.05) is 13.1 Å². The van der Waals surface area contributed by atoms with Crippen LogP contribution in [0.3, 0.4) is 0 Å². The van der Waals surface area contributed by atoms with Gasteiger partial charge in [-0.25, -0.2) is 0 Å². The summed E-state index contributed by atoms with van der Waals surface area (Å²) >= 11 is 3.36. The molecule has 3 rings (SSSR count). The number of nitrogens with zero attached hydrogens (tertiary/aromatic N) is 2. The molecule has 1 unspecified atom stereocenters. The van der Waals surface area contributed by atoms with Crippen molar-refractivity contribution in [3.05, 3.63) is 39.9 Å². The van der Waals surface area contributed by atoms with Crippen LogP contribution in [-0.2, 0) is 0 Å². The van der Waals surface area contributed by atoms with Gasteiger partial charge in [0.1, 0.15) is 5.69 Å². The van der Waals surface area contributed by atoms with Crippen molar-refractivity contribution in [3.63, 3.8) is 0 Å². The number of likely N-dealkylation sites (tertiary alicyclic amines) is 1. The molecule has 6 heteroatoms. The third-order valence-corrected chi connectivity index (χ3v) is 4.19. The number of aromatic amines is 2. The molecule has 0 aliphatic carbocycles. The fourth-order valence-corrected chi connectivity index (χ4v) is 3.06. The second-order valence-corrected chi connectivity index (χ2v) is 6.21. The highest BCUT2D eigenvalue weighted by Gasteiger charge is 2.27. The number of piperidine rings is 1. The minimum Gasteiger partial charge on any atom is -0.356 e. The van der Waals surface area contributed by atoms with Gasteiger partial charge in [-0.2, -0.15) is 5.10 Å². The van der Waals surface area contributed by atoms with E-state index in [0.717, 1.165) is 41.8 Å². The lowest BCUT2D eigenvalue weighted by Crippen LogP contribution is -2.39. The summed E-state index contributed by atoms with van der Waals surface area (Å²) in [6, 6.07) is 3.90. The second kappa shape index (κ2) is 5.44. The largest absolute Gasteiger partial charge is 0.356 e. The van der Waals surface area contributed by atoms with Gasteiger partial charge >= 0.3 is 0 Å². The molecule has 2 aromatic rings. The first-order chi connectivity index (χ1) is 9.63. The number of carbonyl (C=O) groups is 1. The number of halogens is 1. The number of nitrogens with one attached hydrogen (secondary N) is 2. The Balaban J connectivity index is 1.73. The van der Waals surface area contributed by atoms with Crippen LogP contribution in [-0.4, -0.2) is 39.1 Å². The van der Waals surface area contributed by atoms with Crippen LogP contribution in [0.5, 0.6) is 0 Å². The standard InChI is InChI=1S/C14H17BrN4O/c1-9-5-12(18-17-9)10-3-2-4-19(8-10)14(20)13-6-11(15)7-16-13/h5-7,10,16H,2-4,8H2,1H3,(H,17,18). The van der Waals surface area contributed by atoms with E-state index < -0.39 is 0 Å². The predicted molar refractivity (Wildman–Crippen MR) is 79.7 cm³/mol. The van der Waals surface area contributed by atoms with Gasteiger partial charge in [0.05, 0.1) is 5.69 Å². The molecule has 0 radical (unpaired) electrons. The molecule has 20 heavy (non-hydrogen) atoms. The molecule has 2 N–H and O–H groups in total. The molecule has 0 aromatic carbocycles. The molecule has 1 atom stereocenters. The van der Waals surface area contributed by atoms with E-state index in [-0.39, 0.29) is 5.91 Å². The van der Waals surface area contributed by atoms with E-state index in [1.54, 1.807) is 6.20 Å². The second-order valence-electron chi connectivity index (χ2n) is 5.30. The van der Waals surface area contributed by atoms with E-state index >= 15 is 0 Å². The number of hydrogen-bond acceptors (Lipinski definition) is 2. The van der Waals surface area contributed by atoms with Crippen LogP contribution in [0, 0.1) is 6.92 Å². The van der Waals surface area contributed by atoms with Gasteiger partial charge in [0.25, 0.3) is 5.91 Å². The molecule has 0 saturated carbocycles. The maximum Gasteiger partial charge on any atom is 0.270 e. The van der Waals surface area contributed by atoms with E-state index in [4.69, 9.17) is 0 Å². The van der Waals surface area contributed by atoms with Crippen molar-refractivity contribution in [1.29, 1.82) is 0 Å². The third kappa shape index (κ3) is 2.65. The fourth-order valence-electron chi connectivity index (χ4n) is 2.71. The Labute approximate surface area is 125 Å². The van der Waals surface area contributed by atoms with Crippen molar-refractivity contribution in [2.45, 2.75) is 25.7 Å². The first-order valence-corrected chi connectivity index (χ1v) is 7.58. The lowest BCUT2D eigenvalue weighted by Gasteiger charge is -2.31. The van der Waals surface area contributed by atoms with Gasteiger partial charge in [0.2, 0.25) is 0 Å². The fraction of sp³-hybridized carbons (Fsp3) is 0.429. The number of carbonyl (C=O) groups excluding carboxylic acids is 1. The molecule has 0 spiro atoms. The molecule has 5 nitrogen and oxygen atoms in total. The van der Waals surface area contributed by atoms with Crippen LogP contribution in [0.25, 0.3) is 0 Å². The quantitative estimate of drug-likeness (QED) is 0.885. The van der Waals surface area contributed by atoms with Crippen LogP contribution in [0.1, 0.15) is 40.6 Å². The molecule has 1 fully saturated rings. The van der Waals surface area contributed by atoms with Crippen LogP contribution < -0.4 is 0 Å². The molecule has 106 valence electrons. The Morgan fingerprint density at radius 3 is 3.00 bits per heavy atom. The first-order valence-electron chi connectivity index (χ1n) is 6.78. The summed E-state index contributed by atoms with van der Waals surface area (Å²) < 4.78 is 0.900. The van der Waals surface area contributed by atoms with Gasteiger partial charge in [-0.05, 0) is 47.8 Å². The minimum absolute atomic E-state index is 0.0626. The Morgan fingerprint density at radius 1 is 1.50 bits per heavy atom. The molecule has 2 aromatic heterocycles. The lowest BCUT2D eigenvalue weighted by molar-refractivity contribution is 0.0700. The highest BCUT2D eigenvalue weighted by Crippen LogP contribution is 2.27. The zero-order chi connectivity index (χ0) is 14.1. The molecule has 3 heterocycles. The summed E-state index contributed by atoms with van der Waals surface area (Å²) in [4.78, 5) is 17.4. The van der Waals surface area contributed by atoms with Crippen molar-refractivity contribution >= 4 is 21.8 Å². The lowest BCUT2D eigenvalue weighted by atomic mass is 9.94. The predicted octanol–water partition coefficient (Wildman–Crippen LogP) is 2.83. The Kier molecular flexibility index (Phi) is 3.65. The van der Waals surface area contributed by atoms with Crippen molar-refractivity contribution < 1.29 is 4.79 Å². The van der Waals surface area contributed by atoms with Crippen molar-refractivity contribution in [1.82, 2.24) is 20.1 Å². The van der Waals surface area contributed by atoms with Crippen molar-refractivity contribution in [3.8, 4) is 0 Å². The number of aryl methyl sites for hydroxylation is 1. The SMILES string of the molecule is Cc1cc(C2CCCN(C(=O)c3cc(Br)c[nH]3)C2)n[nH]1. The molecule has 0 bridgehead atoms. The van der Waals surface area contributed by atoms with Crippen LogP contribution in [0.15, 0.2) is 22.8 Å². The summed E-state index contributed by atoms with van der Waals surface area (Å²) in [5.74, 6) is 0.392. The molecule has 1 aliphatic heterocycles. The Hall–Kier alpha value is -1.56. The average molecular weight is 337 g/mol. The number of aromatic nitrogens is 3. The van der Waals surface area contributed by atoms with Crippen LogP contribution in [0.4, 0.5) is 0 Å². The van der Waals surface area contributed by atoms with E-state index in [0.29, 0.717) is 11.6 Å². The molecule has 1 amide bonds. The first kappa shape index (κ1) is 13.4. The highest BCUT2D eigenvalue weighted by atomic mass is 79.9. The smallest absolute Gasteiger partial charge is 0.270 e. The normalized spacial score (nSPS) is 19.3. The van der Waals surface area contributed by atoms with Crippen LogP contribution >= 0.6 is 15.9 Å². The number of amides is 1. The molecule has 1 saturated heterocycles. The maximum atomic E-state index is 12.4.